The van der Waals surface area contributed by atoms with Crippen molar-refractivity contribution in [2.45, 2.75) is 64.1 Å². The van der Waals surface area contributed by atoms with E-state index in [-0.39, 0.29) is 18.1 Å². The Bertz CT molecular complexity index is 685. The van der Waals surface area contributed by atoms with E-state index in [1.807, 2.05) is 54.8 Å². The van der Waals surface area contributed by atoms with Crippen molar-refractivity contribution in [2.24, 2.45) is 0 Å². The molecule has 4 nitrogen and oxygen atoms in total. The van der Waals surface area contributed by atoms with Gasteiger partial charge in [-0.25, -0.2) is 4.79 Å². The van der Waals surface area contributed by atoms with Crippen LogP contribution in [0.1, 0.15) is 50.7 Å². The molecule has 1 aromatic carbocycles. The molecule has 0 aromatic heterocycles. The third-order valence-electron chi connectivity index (χ3n) is 5.48. The van der Waals surface area contributed by atoms with E-state index < -0.39 is 5.60 Å². The first-order valence-corrected chi connectivity index (χ1v) is 9.35. The van der Waals surface area contributed by atoms with Crippen molar-refractivity contribution >= 4 is 6.03 Å². The van der Waals surface area contributed by atoms with Gasteiger partial charge in [0.05, 0.1) is 0 Å². The summed E-state index contributed by atoms with van der Waals surface area (Å²) in [7, 11) is 0. The van der Waals surface area contributed by atoms with Gasteiger partial charge in [0, 0.05) is 43.6 Å². The molecule has 2 fully saturated rings. The van der Waals surface area contributed by atoms with Crippen LogP contribution in [-0.4, -0.2) is 51.7 Å². The standard InChI is InChI=1S/C21H28N2O2/c1-4-22(5-2)20(24)23-18-9-10-19(23)15-21(25,14-18)12-11-17-8-6-7-16(3)13-17/h6-8,13,18-19,25H,4-5,9-10,14-15H2,1-3H3/t18-,19-/m1/s1. The Kier molecular flexibility index (Phi) is 5.06. The van der Waals surface area contributed by atoms with Crippen LogP contribution >= 0.6 is 0 Å². The summed E-state index contributed by atoms with van der Waals surface area (Å²) >= 11 is 0. The van der Waals surface area contributed by atoms with E-state index in [4.69, 9.17) is 0 Å². The molecule has 2 aliphatic heterocycles. The fourth-order valence-corrected chi connectivity index (χ4v) is 4.21. The minimum atomic E-state index is -0.990. The second-order valence-corrected chi connectivity index (χ2v) is 7.31. The Balaban J connectivity index is 1.76. The molecule has 2 heterocycles. The lowest BCUT2D eigenvalue weighted by molar-refractivity contribution is -0.000377. The fraction of sp³-hybridized carbons (Fsp3) is 0.571. The van der Waals surface area contributed by atoms with Crippen LogP contribution in [0.3, 0.4) is 0 Å². The summed E-state index contributed by atoms with van der Waals surface area (Å²) in [6.07, 6.45) is 3.03. The van der Waals surface area contributed by atoms with Crippen molar-refractivity contribution in [3.05, 3.63) is 35.4 Å². The topological polar surface area (TPSA) is 43.8 Å². The number of fused-ring (bicyclic) bond motifs is 2. The summed E-state index contributed by atoms with van der Waals surface area (Å²) < 4.78 is 0. The first-order chi connectivity index (χ1) is 12.0. The van der Waals surface area contributed by atoms with E-state index in [1.54, 1.807) is 0 Å². The van der Waals surface area contributed by atoms with Crippen LogP contribution in [0.2, 0.25) is 0 Å². The van der Waals surface area contributed by atoms with Crippen LogP contribution in [0.25, 0.3) is 0 Å². The average molecular weight is 340 g/mol. The molecule has 0 aliphatic carbocycles. The zero-order valence-electron chi connectivity index (χ0n) is 15.5. The molecule has 1 N–H and O–H groups in total. The predicted octanol–water partition coefficient (Wildman–Crippen LogP) is 3.17. The van der Waals surface area contributed by atoms with Gasteiger partial charge in [0.2, 0.25) is 0 Å². The molecule has 0 saturated carbocycles. The third-order valence-corrected chi connectivity index (χ3v) is 5.48. The number of piperidine rings is 1. The average Bonchev–Trinajstić information content (AvgIpc) is 2.87. The molecule has 2 aliphatic rings. The van der Waals surface area contributed by atoms with Crippen molar-refractivity contribution in [3.8, 4) is 11.8 Å². The van der Waals surface area contributed by atoms with Gasteiger partial charge in [-0.3, -0.25) is 0 Å². The highest BCUT2D eigenvalue weighted by Crippen LogP contribution is 2.41. The molecule has 1 aromatic rings. The molecule has 0 unspecified atom stereocenters. The molecule has 0 radical (unpaired) electrons. The molecule has 2 bridgehead atoms. The normalized spacial score (nSPS) is 27.6. The Morgan fingerprint density at radius 1 is 1.28 bits per heavy atom. The van der Waals surface area contributed by atoms with Crippen molar-refractivity contribution in [1.29, 1.82) is 0 Å². The Morgan fingerprint density at radius 2 is 1.92 bits per heavy atom. The summed E-state index contributed by atoms with van der Waals surface area (Å²) in [6, 6.07) is 8.34. The summed E-state index contributed by atoms with van der Waals surface area (Å²) in [5.74, 6) is 6.25. The van der Waals surface area contributed by atoms with E-state index in [0.29, 0.717) is 12.8 Å². The highest BCUT2D eigenvalue weighted by Gasteiger charge is 2.49. The van der Waals surface area contributed by atoms with Gasteiger partial charge in [0.25, 0.3) is 0 Å². The maximum absolute atomic E-state index is 12.8. The van der Waals surface area contributed by atoms with Crippen LogP contribution in [-0.2, 0) is 0 Å². The van der Waals surface area contributed by atoms with E-state index in [1.165, 1.54) is 5.56 Å². The highest BCUT2D eigenvalue weighted by molar-refractivity contribution is 5.75. The largest absolute Gasteiger partial charge is 0.377 e. The van der Waals surface area contributed by atoms with Gasteiger partial charge in [-0.15, -0.1) is 0 Å². The molecule has 4 heteroatoms. The van der Waals surface area contributed by atoms with Crippen LogP contribution in [0, 0.1) is 18.8 Å². The molecular formula is C21H28N2O2. The summed E-state index contributed by atoms with van der Waals surface area (Å²) in [4.78, 5) is 16.7. The molecule has 2 atom stereocenters. The first-order valence-electron chi connectivity index (χ1n) is 9.35. The molecule has 134 valence electrons. The molecular weight excluding hydrogens is 312 g/mol. The van der Waals surface area contributed by atoms with Gasteiger partial charge in [-0.05, 0) is 51.3 Å². The minimum absolute atomic E-state index is 0.101. The summed E-state index contributed by atoms with van der Waals surface area (Å²) in [5.41, 5.74) is 1.11. The van der Waals surface area contributed by atoms with Crippen molar-refractivity contribution < 1.29 is 9.90 Å². The lowest BCUT2D eigenvalue weighted by Crippen LogP contribution is -2.56. The van der Waals surface area contributed by atoms with Gasteiger partial charge in [-0.1, -0.05) is 24.0 Å². The minimum Gasteiger partial charge on any atom is -0.377 e. The zero-order valence-corrected chi connectivity index (χ0v) is 15.5. The predicted molar refractivity (Wildman–Crippen MR) is 99.2 cm³/mol. The number of benzene rings is 1. The molecule has 2 saturated heterocycles. The Morgan fingerprint density at radius 3 is 2.48 bits per heavy atom. The maximum Gasteiger partial charge on any atom is 0.320 e. The number of nitrogens with zero attached hydrogens (tertiary/aromatic N) is 2. The Labute approximate surface area is 150 Å². The van der Waals surface area contributed by atoms with Crippen LogP contribution in [0.4, 0.5) is 4.79 Å². The van der Waals surface area contributed by atoms with Gasteiger partial charge >= 0.3 is 6.03 Å². The highest BCUT2D eigenvalue weighted by atomic mass is 16.3. The van der Waals surface area contributed by atoms with Gasteiger partial charge in [0.1, 0.15) is 5.60 Å². The quantitative estimate of drug-likeness (QED) is 0.841. The number of urea groups is 1. The first kappa shape index (κ1) is 17.8. The summed E-state index contributed by atoms with van der Waals surface area (Å²) in [6.45, 7) is 7.51. The third kappa shape index (κ3) is 3.67. The van der Waals surface area contributed by atoms with E-state index in [9.17, 15) is 9.90 Å². The number of amides is 2. The smallest absolute Gasteiger partial charge is 0.320 e. The van der Waals surface area contributed by atoms with Gasteiger partial charge in [-0.2, -0.15) is 0 Å². The fourth-order valence-electron chi connectivity index (χ4n) is 4.21. The number of hydrogen-bond donors (Lipinski definition) is 1. The van der Waals surface area contributed by atoms with Crippen molar-refractivity contribution in [2.75, 3.05) is 13.1 Å². The Hall–Kier alpha value is -1.99. The second kappa shape index (κ2) is 7.09. The zero-order chi connectivity index (χ0) is 18.0. The molecule has 3 rings (SSSR count). The van der Waals surface area contributed by atoms with Crippen molar-refractivity contribution in [3.63, 3.8) is 0 Å². The number of aliphatic hydroxyl groups is 1. The van der Waals surface area contributed by atoms with E-state index in [0.717, 1.165) is 31.5 Å². The van der Waals surface area contributed by atoms with Crippen LogP contribution in [0.15, 0.2) is 24.3 Å². The van der Waals surface area contributed by atoms with Crippen LogP contribution in [0.5, 0.6) is 0 Å². The summed E-state index contributed by atoms with van der Waals surface area (Å²) in [5, 5.41) is 11.0. The lowest BCUT2D eigenvalue weighted by atomic mass is 9.86. The van der Waals surface area contributed by atoms with Crippen LogP contribution < -0.4 is 0 Å². The van der Waals surface area contributed by atoms with Gasteiger partial charge in [0.15, 0.2) is 0 Å². The monoisotopic (exact) mass is 340 g/mol. The lowest BCUT2D eigenvalue weighted by Gasteiger charge is -2.43. The number of rotatable bonds is 2. The number of carbonyl (C=O) groups excluding carboxylic acids is 1. The van der Waals surface area contributed by atoms with Crippen molar-refractivity contribution in [1.82, 2.24) is 9.80 Å². The number of hydrogen-bond acceptors (Lipinski definition) is 2. The SMILES string of the molecule is CCN(CC)C(=O)N1[C@@H]2CC[C@@H]1CC(O)(C#Cc1cccc(C)c1)C2. The van der Waals surface area contributed by atoms with E-state index >= 15 is 0 Å². The molecule has 0 spiro atoms. The molecule has 25 heavy (non-hydrogen) atoms. The second-order valence-electron chi connectivity index (χ2n) is 7.31. The van der Waals surface area contributed by atoms with Gasteiger partial charge < -0.3 is 14.9 Å². The number of carbonyl (C=O) groups is 1. The van der Waals surface area contributed by atoms with E-state index in [2.05, 4.69) is 11.8 Å². The molecule has 2 amide bonds. The maximum atomic E-state index is 12.8. The number of aryl methyl sites for hydroxylation is 1.